The van der Waals surface area contributed by atoms with Gasteiger partial charge < -0.3 is 9.80 Å². The molecule has 1 unspecified atom stereocenters. The number of thioether (sulfide) groups is 2. The maximum Gasteiger partial charge on any atom is 0.0985 e. The highest BCUT2D eigenvalue weighted by Crippen LogP contribution is 2.49. The van der Waals surface area contributed by atoms with Crippen LogP contribution in [-0.2, 0) is 0 Å². The van der Waals surface area contributed by atoms with Crippen LogP contribution in [0.2, 0.25) is 0 Å². The molecule has 6 rings (SSSR count). The van der Waals surface area contributed by atoms with Crippen LogP contribution in [0.25, 0.3) is 21.5 Å². The van der Waals surface area contributed by atoms with Crippen molar-refractivity contribution in [1.82, 2.24) is 0 Å². The van der Waals surface area contributed by atoms with Gasteiger partial charge in [-0.05, 0) is 42.8 Å². The Kier molecular flexibility index (Phi) is 7.70. The van der Waals surface area contributed by atoms with Gasteiger partial charge in [0.2, 0.25) is 0 Å². The molecule has 1 atom stereocenters. The fourth-order valence-electron chi connectivity index (χ4n) is 5.10. The topological polar surface area (TPSA) is 6.48 Å². The summed E-state index contributed by atoms with van der Waals surface area (Å²) in [5.74, 6) is 0. The maximum absolute atomic E-state index is 2.51. The van der Waals surface area contributed by atoms with Crippen LogP contribution in [0.3, 0.4) is 0 Å². The molecule has 0 fully saturated rings. The average molecular weight is 621 g/mol. The molecule has 0 radical (unpaired) electrons. The van der Waals surface area contributed by atoms with E-state index in [2.05, 4.69) is 127 Å². The molecule has 0 amide bonds. The molecule has 2 aliphatic heterocycles. The summed E-state index contributed by atoms with van der Waals surface area (Å²) in [6, 6.07) is 26.4. The number of benzene rings is 4. The monoisotopic (exact) mass is 620 g/mol. The molecule has 0 N–H and O–H groups in total. The Balaban J connectivity index is 0.00000267. The number of allylic oxidation sites excluding steroid dienone is 4. The molecule has 0 aliphatic carbocycles. The lowest BCUT2D eigenvalue weighted by molar-refractivity contribution is 0.882. The zero-order chi connectivity index (χ0) is 23.8. The van der Waals surface area contributed by atoms with E-state index in [4.69, 9.17) is 0 Å². The summed E-state index contributed by atoms with van der Waals surface area (Å²) in [4.78, 5) is 7.66. The van der Waals surface area contributed by atoms with Crippen molar-refractivity contribution in [3.63, 3.8) is 0 Å². The SMILES string of the molecule is CCN1C(=CC=CC=CC2Sc3ccc4ccccc4c3N2CC)Sc2ccc3ccccc3c21.I. The zero-order valence-corrected chi connectivity index (χ0v) is 24.4. The molecule has 0 bridgehead atoms. The van der Waals surface area contributed by atoms with E-state index in [1.54, 1.807) is 0 Å². The smallest absolute Gasteiger partial charge is 0.0985 e. The standard InChI is InChI=1S/C31H28N2S2.HI/c1-3-32-28(34-26-20-18-22-12-8-10-14-24(22)30(26)32)16-6-5-7-17-29-33(4-2)31-25-15-11-9-13-23(25)19-21-27(31)35-29;/h5-21,28H,3-4H2,1-2H3;1H. The molecule has 0 spiro atoms. The van der Waals surface area contributed by atoms with Gasteiger partial charge in [0.1, 0.15) is 0 Å². The van der Waals surface area contributed by atoms with Crippen LogP contribution < -0.4 is 9.80 Å². The van der Waals surface area contributed by atoms with Gasteiger partial charge in [-0.25, -0.2) is 0 Å². The maximum atomic E-state index is 2.51. The molecule has 5 heteroatoms. The fourth-order valence-corrected chi connectivity index (χ4v) is 7.55. The Bertz CT molecular complexity index is 1510. The average Bonchev–Trinajstić information content (AvgIpc) is 3.46. The van der Waals surface area contributed by atoms with E-state index in [1.165, 1.54) is 47.7 Å². The van der Waals surface area contributed by atoms with Gasteiger partial charge in [-0.1, -0.05) is 108 Å². The third-order valence-corrected chi connectivity index (χ3v) is 9.06. The van der Waals surface area contributed by atoms with Crippen molar-refractivity contribution in [2.24, 2.45) is 0 Å². The number of anilines is 2. The van der Waals surface area contributed by atoms with Gasteiger partial charge in [0.05, 0.1) is 21.8 Å². The highest BCUT2D eigenvalue weighted by atomic mass is 127. The van der Waals surface area contributed by atoms with Crippen molar-refractivity contribution < 1.29 is 0 Å². The molecule has 36 heavy (non-hydrogen) atoms. The summed E-state index contributed by atoms with van der Waals surface area (Å²) in [6.45, 7) is 6.43. The quantitative estimate of drug-likeness (QED) is 0.162. The Morgan fingerprint density at radius 1 is 0.722 bits per heavy atom. The molecule has 4 aromatic rings. The molecular formula is C31H29IN2S2. The third-order valence-electron chi connectivity index (χ3n) is 6.71. The molecular weight excluding hydrogens is 591 g/mol. The minimum absolute atomic E-state index is 0. The van der Waals surface area contributed by atoms with Crippen molar-refractivity contribution in [2.45, 2.75) is 29.0 Å². The first-order valence-corrected chi connectivity index (χ1v) is 14.0. The van der Waals surface area contributed by atoms with Crippen molar-refractivity contribution in [3.8, 4) is 0 Å². The predicted octanol–water partition coefficient (Wildman–Crippen LogP) is 9.46. The summed E-state index contributed by atoms with van der Waals surface area (Å²) in [5.41, 5.74) is 2.72. The molecule has 2 nitrogen and oxygen atoms in total. The largest absolute Gasteiger partial charge is 0.355 e. The minimum atomic E-state index is 0. The summed E-state index contributed by atoms with van der Waals surface area (Å²) in [7, 11) is 0. The Morgan fingerprint density at radius 2 is 1.39 bits per heavy atom. The van der Waals surface area contributed by atoms with Crippen molar-refractivity contribution in [1.29, 1.82) is 0 Å². The fraction of sp³-hybridized carbons (Fsp3) is 0.161. The van der Waals surface area contributed by atoms with Gasteiger partial charge in [0, 0.05) is 33.7 Å². The number of hydrogen-bond donors (Lipinski definition) is 0. The number of hydrogen-bond acceptors (Lipinski definition) is 4. The Hall–Kier alpha value is -2.35. The normalized spacial score (nSPS) is 18.1. The highest BCUT2D eigenvalue weighted by molar-refractivity contribution is 14.0. The van der Waals surface area contributed by atoms with Crippen LogP contribution in [0.4, 0.5) is 11.4 Å². The molecule has 0 saturated carbocycles. The third kappa shape index (κ3) is 4.46. The summed E-state index contributed by atoms with van der Waals surface area (Å²) in [6.07, 6.45) is 11.1. The van der Waals surface area contributed by atoms with Gasteiger partial charge in [0.25, 0.3) is 0 Å². The van der Waals surface area contributed by atoms with Crippen LogP contribution >= 0.6 is 47.5 Å². The lowest BCUT2D eigenvalue weighted by atomic mass is 10.1. The lowest BCUT2D eigenvalue weighted by Gasteiger charge is -2.23. The second kappa shape index (κ2) is 11.0. The molecule has 2 heterocycles. The van der Waals surface area contributed by atoms with Gasteiger partial charge in [-0.3, -0.25) is 0 Å². The molecule has 2 aliphatic rings. The second-order valence-corrected chi connectivity index (χ2v) is 10.9. The van der Waals surface area contributed by atoms with E-state index >= 15 is 0 Å². The zero-order valence-electron chi connectivity index (χ0n) is 20.4. The first-order chi connectivity index (χ1) is 17.3. The van der Waals surface area contributed by atoms with Gasteiger partial charge >= 0.3 is 0 Å². The molecule has 0 saturated heterocycles. The summed E-state index contributed by atoms with van der Waals surface area (Å²) in [5, 5.41) is 6.89. The van der Waals surface area contributed by atoms with Gasteiger partial charge in [-0.2, -0.15) is 0 Å². The molecule has 4 aromatic carbocycles. The summed E-state index contributed by atoms with van der Waals surface area (Å²) >= 11 is 3.80. The summed E-state index contributed by atoms with van der Waals surface area (Å²) < 4.78 is 0. The van der Waals surface area contributed by atoms with Crippen molar-refractivity contribution in [3.05, 3.63) is 108 Å². The Labute approximate surface area is 239 Å². The van der Waals surface area contributed by atoms with E-state index in [0.29, 0.717) is 5.37 Å². The van der Waals surface area contributed by atoms with Crippen LogP contribution in [0, 0.1) is 0 Å². The molecule has 0 aromatic heterocycles. The van der Waals surface area contributed by atoms with Crippen LogP contribution in [-0.4, -0.2) is 18.5 Å². The number of rotatable bonds is 5. The predicted molar refractivity (Wildman–Crippen MR) is 171 cm³/mol. The van der Waals surface area contributed by atoms with E-state index in [9.17, 15) is 0 Å². The van der Waals surface area contributed by atoms with E-state index in [-0.39, 0.29) is 24.0 Å². The van der Waals surface area contributed by atoms with Gasteiger partial charge in [0.15, 0.2) is 0 Å². The van der Waals surface area contributed by atoms with Gasteiger partial charge in [-0.15, -0.1) is 24.0 Å². The van der Waals surface area contributed by atoms with Crippen molar-refractivity contribution in [2.75, 3.05) is 22.9 Å². The van der Waals surface area contributed by atoms with E-state index in [0.717, 1.165) is 13.1 Å². The molecule has 182 valence electrons. The van der Waals surface area contributed by atoms with E-state index in [1.807, 2.05) is 23.5 Å². The first kappa shape index (κ1) is 25.3. The highest BCUT2D eigenvalue weighted by Gasteiger charge is 2.29. The number of likely N-dealkylation sites (N-methyl/N-ethyl adjacent to an activating group) is 1. The number of nitrogens with zero attached hydrogens (tertiary/aromatic N) is 2. The minimum Gasteiger partial charge on any atom is -0.355 e. The second-order valence-electron chi connectivity index (χ2n) is 8.68. The van der Waals surface area contributed by atoms with Crippen molar-refractivity contribution >= 4 is 80.4 Å². The number of fused-ring (bicyclic) bond motifs is 6. The van der Waals surface area contributed by atoms with Crippen LogP contribution in [0.15, 0.2) is 118 Å². The van der Waals surface area contributed by atoms with E-state index < -0.39 is 0 Å². The number of halogens is 1. The van der Waals surface area contributed by atoms with Crippen LogP contribution in [0.1, 0.15) is 13.8 Å². The van der Waals surface area contributed by atoms with Crippen LogP contribution in [0.5, 0.6) is 0 Å². The Morgan fingerprint density at radius 3 is 2.08 bits per heavy atom. The first-order valence-electron chi connectivity index (χ1n) is 12.3. The lowest BCUT2D eigenvalue weighted by Crippen LogP contribution is -2.27.